The van der Waals surface area contributed by atoms with Crippen LogP contribution in [0.4, 0.5) is 0 Å². The Morgan fingerprint density at radius 1 is 1.36 bits per heavy atom. The number of esters is 1. The van der Waals surface area contributed by atoms with Crippen molar-refractivity contribution in [2.24, 2.45) is 10.9 Å². The van der Waals surface area contributed by atoms with E-state index < -0.39 is 0 Å². The number of aromatic nitrogens is 3. The van der Waals surface area contributed by atoms with Gasteiger partial charge in [0.05, 0.1) is 12.5 Å². The minimum atomic E-state index is -0.0956. The molecule has 1 fully saturated rings. The average Bonchev–Trinajstić information content (AvgIpc) is 3.14. The van der Waals surface area contributed by atoms with Gasteiger partial charge in [-0.15, -0.1) is 10.2 Å². The van der Waals surface area contributed by atoms with Crippen LogP contribution in [0, 0.1) is 5.92 Å². The van der Waals surface area contributed by atoms with Crippen LogP contribution in [0.5, 0.6) is 0 Å². The summed E-state index contributed by atoms with van der Waals surface area (Å²) in [5.74, 6) is 1.67. The van der Waals surface area contributed by atoms with E-state index in [2.05, 4.69) is 27.3 Å². The molecule has 1 saturated heterocycles. The predicted molar refractivity (Wildman–Crippen MR) is 108 cm³/mol. The molecule has 8 nitrogen and oxygen atoms in total. The lowest BCUT2D eigenvalue weighted by molar-refractivity contribution is -0.149. The highest BCUT2D eigenvalue weighted by Crippen LogP contribution is 2.18. The summed E-state index contributed by atoms with van der Waals surface area (Å²) in [5.41, 5.74) is 0.868. The number of rotatable bonds is 7. The number of aryl methyl sites for hydroxylation is 1. The van der Waals surface area contributed by atoms with Crippen molar-refractivity contribution in [2.75, 3.05) is 32.8 Å². The number of nitrogens with zero attached hydrogens (tertiary/aromatic N) is 5. The molecule has 0 saturated carbocycles. The number of carbonyl (C=O) groups is 1. The molecule has 0 bridgehead atoms. The first-order valence-corrected chi connectivity index (χ1v) is 10.2. The number of guanidine groups is 1. The van der Waals surface area contributed by atoms with Crippen molar-refractivity contribution in [3.8, 4) is 0 Å². The molecule has 1 N–H and O–H groups in total. The summed E-state index contributed by atoms with van der Waals surface area (Å²) in [6.45, 7) is 7.42. The summed E-state index contributed by atoms with van der Waals surface area (Å²) in [5, 5.41) is 11.8. The third-order valence-corrected chi connectivity index (χ3v) is 4.88. The first-order valence-electron chi connectivity index (χ1n) is 10.2. The number of hydrogen-bond donors (Lipinski definition) is 1. The first-order chi connectivity index (χ1) is 13.7. The van der Waals surface area contributed by atoms with Gasteiger partial charge in [-0.3, -0.25) is 14.2 Å². The van der Waals surface area contributed by atoms with Crippen LogP contribution in [-0.2, 0) is 16.0 Å². The third kappa shape index (κ3) is 4.99. The maximum atomic E-state index is 12.1. The third-order valence-electron chi connectivity index (χ3n) is 4.88. The Morgan fingerprint density at radius 3 is 3.07 bits per heavy atom. The lowest BCUT2D eigenvalue weighted by atomic mass is 9.98. The fourth-order valence-electron chi connectivity index (χ4n) is 3.53. The Kier molecular flexibility index (Phi) is 7.22. The predicted octanol–water partition coefficient (Wildman–Crippen LogP) is 1.90. The molecule has 1 aliphatic heterocycles. The smallest absolute Gasteiger partial charge is 0.310 e. The number of carbonyl (C=O) groups excluding carboxylic acids is 1. The van der Waals surface area contributed by atoms with Crippen molar-refractivity contribution in [1.29, 1.82) is 0 Å². The van der Waals surface area contributed by atoms with E-state index in [0.29, 0.717) is 19.7 Å². The fourth-order valence-corrected chi connectivity index (χ4v) is 3.53. The van der Waals surface area contributed by atoms with E-state index in [9.17, 15) is 4.79 Å². The van der Waals surface area contributed by atoms with E-state index >= 15 is 0 Å². The molecule has 2 aromatic heterocycles. The molecular formula is C20H30N6O2. The van der Waals surface area contributed by atoms with E-state index in [4.69, 9.17) is 9.73 Å². The molecule has 0 aromatic carbocycles. The highest BCUT2D eigenvalue weighted by atomic mass is 16.5. The van der Waals surface area contributed by atoms with Crippen molar-refractivity contribution in [3.63, 3.8) is 0 Å². The number of nitrogens with one attached hydrogen (secondary N) is 1. The van der Waals surface area contributed by atoms with E-state index in [0.717, 1.165) is 56.2 Å². The molecule has 0 spiro atoms. The molecule has 0 radical (unpaired) electrons. The summed E-state index contributed by atoms with van der Waals surface area (Å²) in [6.07, 6.45) is 5.55. The van der Waals surface area contributed by atoms with Gasteiger partial charge in [-0.2, -0.15) is 0 Å². The van der Waals surface area contributed by atoms with E-state index in [1.165, 1.54) is 0 Å². The van der Waals surface area contributed by atoms with Gasteiger partial charge in [0.2, 0.25) is 0 Å². The molecule has 8 heteroatoms. The van der Waals surface area contributed by atoms with Crippen molar-refractivity contribution in [3.05, 3.63) is 30.2 Å². The zero-order valence-corrected chi connectivity index (χ0v) is 16.8. The normalized spacial score (nSPS) is 17.7. The van der Waals surface area contributed by atoms with Gasteiger partial charge in [0.25, 0.3) is 0 Å². The van der Waals surface area contributed by atoms with Gasteiger partial charge in [-0.1, -0.05) is 6.07 Å². The minimum absolute atomic E-state index is 0.0695. The quantitative estimate of drug-likeness (QED) is 0.339. The number of fused-ring (bicyclic) bond motifs is 1. The molecule has 0 aliphatic carbocycles. The number of piperidine rings is 1. The van der Waals surface area contributed by atoms with E-state index in [-0.39, 0.29) is 11.9 Å². The molecule has 2 aromatic rings. The van der Waals surface area contributed by atoms with Crippen LogP contribution in [0.1, 0.15) is 38.9 Å². The zero-order valence-electron chi connectivity index (χ0n) is 16.8. The average molecular weight is 387 g/mol. The van der Waals surface area contributed by atoms with Gasteiger partial charge in [-0.05, 0) is 45.2 Å². The highest BCUT2D eigenvalue weighted by Gasteiger charge is 2.28. The Labute approximate surface area is 166 Å². The van der Waals surface area contributed by atoms with Gasteiger partial charge >= 0.3 is 5.97 Å². The number of pyridine rings is 1. The van der Waals surface area contributed by atoms with Crippen LogP contribution in [0.15, 0.2) is 29.4 Å². The Morgan fingerprint density at radius 2 is 2.25 bits per heavy atom. The van der Waals surface area contributed by atoms with Gasteiger partial charge in [0, 0.05) is 38.8 Å². The Hall–Kier alpha value is -2.64. The van der Waals surface area contributed by atoms with Crippen LogP contribution in [0.2, 0.25) is 0 Å². The molecule has 3 rings (SSSR count). The maximum absolute atomic E-state index is 12.1. The number of aliphatic imine (C=N–C) groups is 1. The van der Waals surface area contributed by atoms with Crippen molar-refractivity contribution >= 4 is 17.6 Å². The maximum Gasteiger partial charge on any atom is 0.310 e. The second-order valence-corrected chi connectivity index (χ2v) is 6.92. The molecule has 1 atom stereocenters. The van der Waals surface area contributed by atoms with E-state index in [1.54, 1.807) is 0 Å². The molecule has 152 valence electrons. The molecule has 28 heavy (non-hydrogen) atoms. The first kappa shape index (κ1) is 20.1. The molecular weight excluding hydrogens is 356 g/mol. The zero-order chi connectivity index (χ0) is 19.8. The summed E-state index contributed by atoms with van der Waals surface area (Å²) < 4.78 is 7.22. The van der Waals surface area contributed by atoms with E-state index in [1.807, 2.05) is 35.7 Å². The number of ether oxygens (including phenoxy) is 1. The van der Waals surface area contributed by atoms with Crippen molar-refractivity contribution in [2.45, 2.75) is 39.5 Å². The van der Waals surface area contributed by atoms with Crippen molar-refractivity contribution in [1.82, 2.24) is 24.8 Å². The Balaban J connectivity index is 1.57. The van der Waals surface area contributed by atoms with Crippen LogP contribution >= 0.6 is 0 Å². The summed E-state index contributed by atoms with van der Waals surface area (Å²) in [4.78, 5) is 19.1. The largest absolute Gasteiger partial charge is 0.466 e. The number of likely N-dealkylation sites (tertiary alicyclic amines) is 1. The van der Waals surface area contributed by atoms with Crippen molar-refractivity contribution < 1.29 is 9.53 Å². The van der Waals surface area contributed by atoms with Crippen LogP contribution in [-0.4, -0.2) is 64.2 Å². The van der Waals surface area contributed by atoms with Gasteiger partial charge in [0.1, 0.15) is 5.82 Å². The summed E-state index contributed by atoms with van der Waals surface area (Å²) in [7, 11) is 0. The topological polar surface area (TPSA) is 84.1 Å². The monoisotopic (exact) mass is 386 g/mol. The summed E-state index contributed by atoms with van der Waals surface area (Å²) >= 11 is 0. The van der Waals surface area contributed by atoms with Crippen LogP contribution < -0.4 is 5.32 Å². The van der Waals surface area contributed by atoms with Gasteiger partial charge < -0.3 is 15.0 Å². The van der Waals surface area contributed by atoms with Gasteiger partial charge in [-0.25, -0.2) is 0 Å². The van der Waals surface area contributed by atoms with Gasteiger partial charge in [0.15, 0.2) is 11.6 Å². The number of hydrogen-bond acceptors (Lipinski definition) is 5. The molecule has 3 heterocycles. The fraction of sp³-hybridized carbons (Fsp3) is 0.600. The second-order valence-electron chi connectivity index (χ2n) is 6.92. The standard InChI is InChI=1S/C20H30N6O2/c1-3-21-20(25-13-8-9-16(15-25)19(27)28-4-2)22-12-7-11-18-24-23-17-10-5-6-14-26(17)18/h5-6,10,14,16H,3-4,7-9,11-13,15H2,1-2H3,(H,21,22). The Bertz CT molecular complexity index is 803. The summed E-state index contributed by atoms with van der Waals surface area (Å²) in [6, 6.07) is 5.90. The lowest BCUT2D eigenvalue weighted by Gasteiger charge is -2.34. The lowest BCUT2D eigenvalue weighted by Crippen LogP contribution is -2.48. The molecule has 1 aliphatic rings. The second kappa shape index (κ2) is 10.1. The highest BCUT2D eigenvalue weighted by molar-refractivity contribution is 5.81. The van der Waals surface area contributed by atoms with Crippen LogP contribution in [0.25, 0.3) is 5.65 Å². The molecule has 0 amide bonds. The molecule has 1 unspecified atom stereocenters. The SMILES string of the molecule is CCNC(=NCCCc1nnc2ccccn12)N1CCCC(C(=O)OCC)C1. The minimum Gasteiger partial charge on any atom is -0.466 e. The van der Waals surface area contributed by atoms with Crippen LogP contribution in [0.3, 0.4) is 0 Å².